The van der Waals surface area contributed by atoms with Gasteiger partial charge in [-0.25, -0.2) is 9.59 Å². The molecule has 2 fully saturated rings. The number of aliphatic hydroxyl groups excluding tert-OH is 1. The van der Waals surface area contributed by atoms with E-state index in [0.717, 1.165) is 0 Å². The van der Waals surface area contributed by atoms with Crippen molar-refractivity contribution < 1.29 is 33.9 Å². The van der Waals surface area contributed by atoms with Crippen LogP contribution in [0.4, 0.5) is 5.82 Å². The van der Waals surface area contributed by atoms with Crippen LogP contribution in [0.3, 0.4) is 0 Å². The molecule has 2 aliphatic rings. The highest BCUT2D eigenvalue weighted by Crippen LogP contribution is 2.62. The van der Waals surface area contributed by atoms with E-state index in [2.05, 4.69) is 9.73 Å². The second kappa shape index (κ2) is 9.47. The molecule has 1 saturated heterocycles. The number of halogens is 1. The molecule has 0 bridgehead atoms. The van der Waals surface area contributed by atoms with Gasteiger partial charge in [0.25, 0.3) is 0 Å². The van der Waals surface area contributed by atoms with Crippen LogP contribution in [0.2, 0.25) is 5.02 Å². The summed E-state index contributed by atoms with van der Waals surface area (Å²) in [6.45, 7) is 1.13. The first-order chi connectivity index (χ1) is 16.1. The zero-order chi connectivity index (χ0) is 24.6. The van der Waals surface area contributed by atoms with E-state index in [4.69, 9.17) is 36.4 Å². The lowest BCUT2D eigenvalue weighted by Gasteiger charge is -2.20. The topological polar surface area (TPSA) is 182 Å². The van der Waals surface area contributed by atoms with Gasteiger partial charge < -0.3 is 30.3 Å². The molecule has 4 rings (SSSR count). The molecule has 2 unspecified atom stereocenters. The molecule has 1 aliphatic heterocycles. The normalized spacial score (nSPS) is 24.1. The summed E-state index contributed by atoms with van der Waals surface area (Å²) in [5, 5.41) is 20.1. The lowest BCUT2D eigenvalue weighted by Crippen LogP contribution is -2.34. The summed E-state index contributed by atoms with van der Waals surface area (Å²) < 4.78 is 21.9. The highest BCUT2D eigenvalue weighted by Gasteiger charge is 2.64. The molecule has 12 nitrogen and oxygen atoms in total. The first-order valence-electron chi connectivity index (χ1n) is 10.3. The van der Waals surface area contributed by atoms with Crippen LogP contribution < -0.4 is 25.6 Å². The average molecular weight is 513 g/mol. The molecule has 1 aromatic heterocycles. The van der Waals surface area contributed by atoms with E-state index in [1.54, 1.807) is 0 Å². The Kier molecular flexibility index (Phi) is 6.79. The fourth-order valence-electron chi connectivity index (χ4n) is 3.80. The number of carbonyl (C=O) groups is 1. The monoisotopic (exact) mass is 512 g/mol. The zero-order valence-electron chi connectivity index (χ0n) is 17.9. The van der Waals surface area contributed by atoms with Crippen molar-refractivity contribution in [3.63, 3.8) is 0 Å². The van der Waals surface area contributed by atoms with Crippen molar-refractivity contribution in [1.82, 2.24) is 9.55 Å². The van der Waals surface area contributed by atoms with Crippen molar-refractivity contribution in [3.05, 3.63) is 46.0 Å². The van der Waals surface area contributed by atoms with Crippen LogP contribution >= 0.6 is 19.8 Å². The second-order valence-electron chi connectivity index (χ2n) is 8.11. The number of benzene rings is 1. The highest BCUT2D eigenvalue weighted by molar-refractivity contribution is 7.34. The standard InChI is InChI=1S/C20H22ClN4O8P/c1-10(17(27)28)24-34(30)33-12-3-2-11(21)8-13(12)31-9-14-16(26)20(5-6-20)18(32-14)25-7-4-15(22)23-19(25)29/h2-4,7-8,10,14,16,18,26H,5-6,9H2,1H3,(H,27,28)(H2,22,23,29)/t10?,14-,16-,18-/m1/s1. The Morgan fingerprint density at radius 2 is 2.21 bits per heavy atom. The molecule has 5 atom stereocenters. The van der Waals surface area contributed by atoms with Crippen LogP contribution in [-0.4, -0.2) is 50.6 Å². The van der Waals surface area contributed by atoms with Crippen molar-refractivity contribution in [2.24, 2.45) is 10.2 Å². The molecule has 1 aliphatic carbocycles. The van der Waals surface area contributed by atoms with Gasteiger partial charge in [0, 0.05) is 22.7 Å². The third-order valence-corrected chi connectivity index (χ3v) is 6.90. The van der Waals surface area contributed by atoms with E-state index < -0.39 is 49.7 Å². The van der Waals surface area contributed by atoms with Crippen molar-refractivity contribution in [2.45, 2.75) is 44.2 Å². The number of rotatable bonds is 8. The number of hydrogen-bond donors (Lipinski definition) is 3. The maximum Gasteiger partial charge on any atom is 0.395 e. The number of nitrogens with zero attached hydrogens (tertiary/aromatic N) is 3. The van der Waals surface area contributed by atoms with Crippen molar-refractivity contribution >= 4 is 31.6 Å². The first-order valence-corrected chi connectivity index (χ1v) is 11.8. The largest absolute Gasteiger partial charge is 0.575 e. The summed E-state index contributed by atoms with van der Waals surface area (Å²) in [6.07, 6.45) is 0.329. The van der Waals surface area contributed by atoms with Crippen LogP contribution in [0.15, 0.2) is 40.0 Å². The van der Waals surface area contributed by atoms with Gasteiger partial charge in [0.1, 0.15) is 24.8 Å². The van der Waals surface area contributed by atoms with Crippen LogP contribution in [0.25, 0.3) is 0 Å². The molecular formula is C20H22ClN4O8P. The lowest BCUT2D eigenvalue weighted by atomic mass is 9.96. The van der Waals surface area contributed by atoms with Gasteiger partial charge in [0.2, 0.25) is 5.75 Å². The Balaban J connectivity index is 1.50. The van der Waals surface area contributed by atoms with E-state index in [-0.39, 0.29) is 23.9 Å². The minimum Gasteiger partial charge on any atom is -0.575 e. The third kappa shape index (κ3) is 4.86. The molecule has 1 saturated carbocycles. The fraction of sp³-hybridized carbons (Fsp3) is 0.450. The highest BCUT2D eigenvalue weighted by atomic mass is 35.5. The molecular weight excluding hydrogens is 491 g/mol. The van der Waals surface area contributed by atoms with Crippen molar-refractivity contribution in [3.8, 4) is 11.5 Å². The molecule has 182 valence electrons. The summed E-state index contributed by atoms with van der Waals surface area (Å²) in [4.78, 5) is 39.1. The number of nitrogen functional groups attached to an aromatic ring is 1. The summed E-state index contributed by atoms with van der Waals surface area (Å²) >= 11 is 6.05. The number of hydrogen-bond acceptors (Lipinski definition) is 10. The quantitative estimate of drug-likeness (QED) is 0.436. The first kappa shape index (κ1) is 24.4. The molecule has 0 amide bonds. The zero-order valence-corrected chi connectivity index (χ0v) is 19.6. The van der Waals surface area contributed by atoms with Gasteiger partial charge in [0.05, 0.1) is 6.10 Å². The van der Waals surface area contributed by atoms with Crippen LogP contribution in [0.5, 0.6) is 11.5 Å². The van der Waals surface area contributed by atoms with Gasteiger partial charge >= 0.3 is 19.8 Å². The molecule has 1 spiro atoms. The smallest absolute Gasteiger partial charge is 0.395 e. The summed E-state index contributed by atoms with van der Waals surface area (Å²) in [7, 11) is -2.70. The fourth-order valence-corrected chi connectivity index (χ4v) is 4.71. The van der Waals surface area contributed by atoms with E-state index in [1.807, 2.05) is 0 Å². The van der Waals surface area contributed by atoms with Crippen LogP contribution in [0, 0.1) is 5.41 Å². The minimum atomic E-state index is -2.70. The van der Waals surface area contributed by atoms with Gasteiger partial charge in [-0.05, 0) is 38.0 Å². The third-order valence-electron chi connectivity index (χ3n) is 5.78. The number of carboxylic acids is 1. The molecule has 0 radical (unpaired) electrons. The van der Waals surface area contributed by atoms with Gasteiger partial charge in [-0.15, -0.1) is 0 Å². The summed E-state index contributed by atoms with van der Waals surface area (Å²) in [6, 6.07) is 4.55. The van der Waals surface area contributed by atoms with E-state index >= 15 is 0 Å². The van der Waals surface area contributed by atoms with E-state index in [1.165, 1.54) is 42.0 Å². The number of ether oxygens (including phenoxy) is 2. The number of aromatic nitrogens is 2. The molecule has 34 heavy (non-hydrogen) atoms. The summed E-state index contributed by atoms with van der Waals surface area (Å²) in [5.74, 6) is -1.04. The molecule has 14 heteroatoms. The van der Waals surface area contributed by atoms with Gasteiger partial charge in [-0.2, -0.15) is 4.98 Å². The number of carboxylic acid groups (broad SMARTS) is 1. The maximum absolute atomic E-state index is 12.3. The van der Waals surface area contributed by atoms with Gasteiger partial charge in [-0.3, -0.25) is 9.09 Å². The predicted octanol–water partition coefficient (Wildman–Crippen LogP) is 1.30. The van der Waals surface area contributed by atoms with Crippen LogP contribution in [0.1, 0.15) is 26.0 Å². The van der Waals surface area contributed by atoms with Crippen molar-refractivity contribution in [2.75, 3.05) is 12.3 Å². The second-order valence-corrected chi connectivity index (χ2v) is 9.43. The molecule has 2 heterocycles. The predicted molar refractivity (Wildman–Crippen MR) is 119 cm³/mol. The van der Waals surface area contributed by atoms with Crippen molar-refractivity contribution in [1.29, 1.82) is 0 Å². The Hall–Kier alpha value is -2.76. The Labute approximate surface area is 199 Å². The lowest BCUT2D eigenvalue weighted by molar-refractivity contribution is -0.169. The van der Waals surface area contributed by atoms with Gasteiger partial charge in [0.15, 0.2) is 11.8 Å². The van der Waals surface area contributed by atoms with Crippen LogP contribution in [-0.2, 0) is 9.53 Å². The molecule has 1 aromatic carbocycles. The number of aliphatic carboxylic acids is 1. The average Bonchev–Trinajstić information content (AvgIpc) is 3.52. The van der Waals surface area contributed by atoms with E-state index in [0.29, 0.717) is 17.9 Å². The molecule has 4 N–H and O–H groups in total. The summed E-state index contributed by atoms with van der Waals surface area (Å²) in [5.41, 5.74) is 4.34. The maximum atomic E-state index is 12.3. The number of anilines is 1. The minimum absolute atomic E-state index is 0.0241. The van der Waals surface area contributed by atoms with Gasteiger partial charge in [-0.1, -0.05) is 16.3 Å². The SMILES string of the molecule is CC(N=[P+]([O-])Oc1ccc(Cl)cc1OC[C@H]1O[C@@H](n2ccc(N)nc2=O)C2(CC2)[C@@H]1O)C(=O)O. The Bertz CT molecular complexity index is 1190. The number of aliphatic hydroxyl groups is 1. The molecule has 2 aromatic rings. The number of nitrogens with two attached hydrogens (primary N) is 1. The van der Waals surface area contributed by atoms with E-state index in [9.17, 15) is 19.6 Å². The Morgan fingerprint density at radius 1 is 1.47 bits per heavy atom. The Morgan fingerprint density at radius 3 is 2.85 bits per heavy atom.